The van der Waals surface area contributed by atoms with Crippen molar-refractivity contribution in [2.75, 3.05) is 12.4 Å². The molecule has 0 aliphatic carbocycles. The molecule has 2 heterocycles. The third-order valence-corrected chi connectivity index (χ3v) is 6.93. The quantitative estimate of drug-likeness (QED) is 0.218. The van der Waals surface area contributed by atoms with Crippen molar-refractivity contribution in [2.24, 2.45) is 0 Å². The molecule has 0 unspecified atom stereocenters. The van der Waals surface area contributed by atoms with Gasteiger partial charge in [-0.05, 0) is 48.0 Å². The van der Waals surface area contributed by atoms with E-state index in [1.165, 1.54) is 37.6 Å². The summed E-state index contributed by atoms with van der Waals surface area (Å²) in [6.07, 6.45) is 2.71. The maximum atomic E-state index is 15.1. The van der Waals surface area contributed by atoms with E-state index in [0.29, 0.717) is 10.6 Å². The maximum absolute atomic E-state index is 15.1. The van der Waals surface area contributed by atoms with E-state index in [1.807, 2.05) is 0 Å². The fourth-order valence-corrected chi connectivity index (χ4v) is 4.84. The molecular weight excluding hydrogens is 555 g/mol. The van der Waals surface area contributed by atoms with Crippen LogP contribution in [0.5, 0.6) is 0 Å². The lowest BCUT2D eigenvalue weighted by molar-refractivity contribution is 0.0964. The zero-order chi connectivity index (χ0) is 27.1. The number of anilines is 1. The van der Waals surface area contributed by atoms with Gasteiger partial charge in [-0.1, -0.05) is 53.0 Å². The minimum absolute atomic E-state index is 0.00940. The van der Waals surface area contributed by atoms with Crippen LogP contribution >= 0.6 is 34.8 Å². The molecule has 0 saturated carbocycles. The van der Waals surface area contributed by atoms with Crippen LogP contribution in [0.25, 0.3) is 22.2 Å². The lowest BCUT2D eigenvalue weighted by atomic mass is 10.00. The Hall–Kier alpha value is -3.78. The maximum Gasteiger partial charge on any atom is 0.266 e. The average molecular weight is 571 g/mol. The van der Waals surface area contributed by atoms with E-state index in [2.05, 4.69) is 10.3 Å². The van der Waals surface area contributed by atoms with Gasteiger partial charge in [-0.25, -0.2) is 13.8 Å². The minimum atomic E-state index is -1.05. The van der Waals surface area contributed by atoms with Crippen LogP contribution in [-0.2, 0) is 0 Å². The summed E-state index contributed by atoms with van der Waals surface area (Å²) in [6, 6.07) is 15.3. The second-order valence-electron chi connectivity index (χ2n) is 8.28. The lowest BCUT2D eigenvalue weighted by Crippen LogP contribution is -2.13. The molecule has 0 fully saturated rings. The largest absolute Gasteiger partial charge is 0.386 e. The van der Waals surface area contributed by atoms with Crippen molar-refractivity contribution < 1.29 is 18.4 Å². The number of pyridine rings is 1. The first-order valence-electron chi connectivity index (χ1n) is 11.2. The molecule has 5 aromatic rings. The highest BCUT2D eigenvalue weighted by atomic mass is 35.5. The molecule has 190 valence electrons. The van der Waals surface area contributed by atoms with Crippen LogP contribution in [0.15, 0.2) is 73.1 Å². The van der Waals surface area contributed by atoms with E-state index in [4.69, 9.17) is 34.8 Å². The molecule has 0 aliphatic rings. The van der Waals surface area contributed by atoms with E-state index < -0.39 is 28.9 Å². The van der Waals surface area contributed by atoms with Crippen molar-refractivity contribution in [1.29, 1.82) is 0 Å². The smallest absolute Gasteiger partial charge is 0.266 e. The molecule has 5 rings (SSSR count). The number of carbonyl (C=O) groups is 2. The Bertz CT molecular complexity index is 1730. The summed E-state index contributed by atoms with van der Waals surface area (Å²) in [4.78, 5) is 31.6. The van der Waals surface area contributed by atoms with Crippen LogP contribution in [0, 0.1) is 11.6 Å². The number of ketones is 1. The van der Waals surface area contributed by atoms with Crippen LogP contribution in [0.4, 0.5) is 14.5 Å². The fraction of sp³-hybridized carbons (Fsp3) is 0.0357. The standard InChI is InChI=1S/C28H16Cl3F2N3O2/c1-34-22-10-9-21(32)24(25(22)33)26(37)18-13-36(28(38)23-19(30)3-2-4-20(23)31)27-17(18)11-15(12-35-27)14-5-7-16(29)8-6-14/h2-13,34H,1H3. The summed E-state index contributed by atoms with van der Waals surface area (Å²) in [6.45, 7) is 0. The summed E-state index contributed by atoms with van der Waals surface area (Å²) in [5.41, 5.74) is 0.431. The highest BCUT2D eigenvalue weighted by Crippen LogP contribution is 2.33. The Morgan fingerprint density at radius 3 is 2.24 bits per heavy atom. The van der Waals surface area contributed by atoms with Gasteiger partial charge in [0.25, 0.3) is 5.91 Å². The molecular formula is C28H16Cl3F2N3O2. The fourth-order valence-electron chi connectivity index (χ4n) is 4.15. The average Bonchev–Trinajstić information content (AvgIpc) is 3.28. The first-order valence-corrected chi connectivity index (χ1v) is 12.3. The van der Waals surface area contributed by atoms with Gasteiger partial charge >= 0.3 is 0 Å². The van der Waals surface area contributed by atoms with Crippen molar-refractivity contribution in [2.45, 2.75) is 0 Å². The number of carbonyl (C=O) groups excluding carboxylic acids is 2. The number of hydrogen-bond acceptors (Lipinski definition) is 4. The summed E-state index contributed by atoms with van der Waals surface area (Å²) in [5.74, 6) is -3.73. The second-order valence-corrected chi connectivity index (χ2v) is 9.53. The van der Waals surface area contributed by atoms with E-state index in [-0.39, 0.29) is 37.9 Å². The summed E-state index contributed by atoms with van der Waals surface area (Å²) in [5, 5.41) is 3.51. The summed E-state index contributed by atoms with van der Waals surface area (Å²) < 4.78 is 31.0. The molecule has 0 bridgehead atoms. The van der Waals surface area contributed by atoms with Crippen molar-refractivity contribution >= 4 is 63.2 Å². The zero-order valence-electron chi connectivity index (χ0n) is 19.5. The number of fused-ring (bicyclic) bond motifs is 1. The normalized spacial score (nSPS) is 11.1. The lowest BCUT2D eigenvalue weighted by Gasteiger charge is -2.08. The molecule has 0 atom stereocenters. The predicted molar refractivity (Wildman–Crippen MR) is 146 cm³/mol. The van der Waals surface area contributed by atoms with Crippen LogP contribution < -0.4 is 5.32 Å². The van der Waals surface area contributed by atoms with Gasteiger partial charge < -0.3 is 5.32 Å². The number of aromatic nitrogens is 2. The summed E-state index contributed by atoms with van der Waals surface area (Å²) in [7, 11) is 1.45. The monoisotopic (exact) mass is 569 g/mol. The Labute approximate surface area is 230 Å². The molecule has 1 N–H and O–H groups in total. The van der Waals surface area contributed by atoms with Crippen LogP contribution in [0.3, 0.4) is 0 Å². The minimum Gasteiger partial charge on any atom is -0.386 e. The number of rotatable bonds is 5. The highest BCUT2D eigenvalue weighted by Gasteiger charge is 2.28. The number of nitrogens with zero attached hydrogens (tertiary/aromatic N) is 2. The highest BCUT2D eigenvalue weighted by molar-refractivity contribution is 6.40. The van der Waals surface area contributed by atoms with Crippen LogP contribution in [0.2, 0.25) is 15.1 Å². The Morgan fingerprint density at radius 2 is 1.58 bits per heavy atom. The Morgan fingerprint density at radius 1 is 0.895 bits per heavy atom. The molecule has 5 nitrogen and oxygen atoms in total. The van der Waals surface area contributed by atoms with Crippen LogP contribution in [-0.4, -0.2) is 28.3 Å². The molecule has 10 heteroatoms. The number of halogens is 5. The van der Waals surface area contributed by atoms with Crippen molar-refractivity contribution in [3.8, 4) is 11.1 Å². The van der Waals surface area contributed by atoms with Gasteiger partial charge in [0.05, 0.1) is 32.4 Å². The number of hydrogen-bond donors (Lipinski definition) is 1. The molecule has 0 spiro atoms. The molecule has 38 heavy (non-hydrogen) atoms. The van der Waals surface area contributed by atoms with Crippen molar-refractivity contribution in [3.05, 3.63) is 116 Å². The Kier molecular flexibility index (Phi) is 6.92. The Balaban J connectivity index is 1.77. The third kappa shape index (κ3) is 4.43. The van der Waals surface area contributed by atoms with Gasteiger partial charge in [0.1, 0.15) is 11.5 Å². The number of nitrogens with one attached hydrogen (secondary N) is 1. The molecule has 0 aliphatic heterocycles. The first kappa shape index (κ1) is 25.9. The third-order valence-electron chi connectivity index (χ3n) is 6.05. The first-order chi connectivity index (χ1) is 18.2. The van der Waals surface area contributed by atoms with Crippen LogP contribution in [0.1, 0.15) is 26.3 Å². The second kappa shape index (κ2) is 10.2. The van der Waals surface area contributed by atoms with Gasteiger partial charge in [-0.2, -0.15) is 0 Å². The topological polar surface area (TPSA) is 64.0 Å². The van der Waals surface area contributed by atoms with Gasteiger partial charge in [0, 0.05) is 35.4 Å². The molecule has 0 radical (unpaired) electrons. The SMILES string of the molecule is CNc1ccc(F)c(C(=O)c2cn(C(=O)c3c(Cl)cccc3Cl)c3ncc(-c4ccc(Cl)cc4)cc23)c1F. The van der Waals surface area contributed by atoms with Gasteiger partial charge in [-0.3, -0.25) is 14.2 Å². The van der Waals surface area contributed by atoms with Gasteiger partial charge in [-0.15, -0.1) is 0 Å². The molecule has 3 aromatic carbocycles. The molecule has 0 amide bonds. The zero-order valence-corrected chi connectivity index (χ0v) is 21.8. The van der Waals surface area contributed by atoms with Gasteiger partial charge in [0.2, 0.25) is 5.78 Å². The van der Waals surface area contributed by atoms with Gasteiger partial charge in [0.15, 0.2) is 5.82 Å². The summed E-state index contributed by atoms with van der Waals surface area (Å²) >= 11 is 18.5. The number of benzene rings is 3. The van der Waals surface area contributed by atoms with E-state index in [9.17, 15) is 14.0 Å². The van der Waals surface area contributed by atoms with E-state index in [0.717, 1.165) is 16.2 Å². The van der Waals surface area contributed by atoms with Crippen molar-refractivity contribution in [3.63, 3.8) is 0 Å². The predicted octanol–water partition coefficient (Wildman–Crippen LogP) is 7.90. The van der Waals surface area contributed by atoms with Crippen molar-refractivity contribution in [1.82, 2.24) is 9.55 Å². The van der Waals surface area contributed by atoms with E-state index >= 15 is 4.39 Å². The van der Waals surface area contributed by atoms with E-state index in [1.54, 1.807) is 36.4 Å². The molecule has 0 saturated heterocycles. The molecule has 2 aromatic heterocycles.